The SMILES string of the molecule is c1nc2ccc3c(N4CCCCC4)nc(N4CCCC4)c4ccc(n1)c2c34. The number of nitrogens with zero attached hydrogens (tertiary/aromatic N) is 5. The summed E-state index contributed by atoms with van der Waals surface area (Å²) in [5, 5.41) is 4.99. The van der Waals surface area contributed by atoms with Crippen LogP contribution in [0.25, 0.3) is 32.6 Å². The van der Waals surface area contributed by atoms with Crippen molar-refractivity contribution in [1.29, 1.82) is 0 Å². The first-order valence-electron chi connectivity index (χ1n) is 10.2. The Hall–Kier alpha value is -2.69. The van der Waals surface area contributed by atoms with Gasteiger partial charge in [-0.25, -0.2) is 15.0 Å². The van der Waals surface area contributed by atoms with Gasteiger partial charge in [0.05, 0.1) is 11.0 Å². The van der Waals surface area contributed by atoms with Gasteiger partial charge in [0.2, 0.25) is 0 Å². The molecule has 0 amide bonds. The van der Waals surface area contributed by atoms with Crippen LogP contribution in [0.3, 0.4) is 0 Å². The second kappa shape index (κ2) is 5.91. The van der Waals surface area contributed by atoms with E-state index >= 15 is 0 Å². The highest BCUT2D eigenvalue weighted by Gasteiger charge is 2.24. The Morgan fingerprint density at radius 2 is 1.11 bits per heavy atom. The molecule has 136 valence electrons. The lowest BCUT2D eigenvalue weighted by Crippen LogP contribution is -2.31. The highest BCUT2D eigenvalue weighted by molar-refractivity contribution is 6.25. The van der Waals surface area contributed by atoms with Crippen LogP contribution in [0.15, 0.2) is 30.6 Å². The van der Waals surface area contributed by atoms with Crippen molar-refractivity contribution in [3.05, 3.63) is 30.6 Å². The highest BCUT2D eigenvalue weighted by atomic mass is 15.3. The van der Waals surface area contributed by atoms with Gasteiger partial charge in [-0.05, 0) is 56.4 Å². The van der Waals surface area contributed by atoms with E-state index in [2.05, 4.69) is 44.0 Å². The molecule has 2 fully saturated rings. The fraction of sp³-hybridized carbons (Fsp3) is 0.409. The van der Waals surface area contributed by atoms with Crippen LogP contribution in [0.4, 0.5) is 11.6 Å². The lowest BCUT2D eigenvalue weighted by Gasteiger charge is -2.31. The molecule has 0 unspecified atom stereocenters. The van der Waals surface area contributed by atoms with Crippen LogP contribution in [0.5, 0.6) is 0 Å². The molecule has 2 aromatic carbocycles. The summed E-state index contributed by atoms with van der Waals surface area (Å²) in [7, 11) is 0. The zero-order valence-electron chi connectivity index (χ0n) is 15.5. The first-order chi connectivity index (χ1) is 13.4. The van der Waals surface area contributed by atoms with Crippen molar-refractivity contribution in [2.45, 2.75) is 32.1 Å². The molecule has 2 aliphatic rings. The van der Waals surface area contributed by atoms with Crippen LogP contribution in [0.2, 0.25) is 0 Å². The first-order valence-corrected chi connectivity index (χ1v) is 10.2. The van der Waals surface area contributed by atoms with E-state index in [9.17, 15) is 0 Å². The third kappa shape index (κ3) is 2.27. The summed E-state index contributed by atoms with van der Waals surface area (Å²) < 4.78 is 0. The van der Waals surface area contributed by atoms with Crippen molar-refractivity contribution in [1.82, 2.24) is 15.0 Å². The largest absolute Gasteiger partial charge is 0.356 e. The number of hydrogen-bond donors (Lipinski definition) is 0. The lowest BCUT2D eigenvalue weighted by molar-refractivity contribution is 0.575. The summed E-state index contributed by atoms with van der Waals surface area (Å²) in [6, 6.07) is 8.71. The fourth-order valence-corrected chi connectivity index (χ4v) is 4.94. The molecule has 0 bridgehead atoms. The third-order valence-electron chi connectivity index (χ3n) is 6.27. The Labute approximate surface area is 158 Å². The lowest BCUT2D eigenvalue weighted by atomic mass is 9.98. The van der Waals surface area contributed by atoms with Crippen LogP contribution < -0.4 is 9.80 Å². The van der Waals surface area contributed by atoms with E-state index in [4.69, 9.17) is 4.98 Å². The van der Waals surface area contributed by atoms with E-state index in [-0.39, 0.29) is 0 Å². The average molecular weight is 357 g/mol. The molecule has 4 heterocycles. The number of anilines is 2. The molecule has 5 heteroatoms. The molecule has 2 aliphatic heterocycles. The molecule has 0 radical (unpaired) electrons. The number of benzene rings is 2. The van der Waals surface area contributed by atoms with Crippen LogP contribution in [-0.4, -0.2) is 41.1 Å². The summed E-state index contributed by atoms with van der Waals surface area (Å²) in [6.07, 6.45) is 8.03. The van der Waals surface area contributed by atoms with Crippen LogP contribution in [0, 0.1) is 0 Å². The van der Waals surface area contributed by atoms with Gasteiger partial charge in [0.25, 0.3) is 0 Å². The topological polar surface area (TPSA) is 45.2 Å². The van der Waals surface area contributed by atoms with Gasteiger partial charge >= 0.3 is 0 Å². The van der Waals surface area contributed by atoms with Crippen molar-refractivity contribution in [2.24, 2.45) is 0 Å². The summed E-state index contributed by atoms with van der Waals surface area (Å²) in [4.78, 5) is 19.3. The summed E-state index contributed by atoms with van der Waals surface area (Å²) >= 11 is 0. The molecule has 2 saturated heterocycles. The molecular weight excluding hydrogens is 334 g/mol. The number of piperidine rings is 1. The van der Waals surface area contributed by atoms with Gasteiger partial charge in [-0.3, -0.25) is 0 Å². The Kier molecular flexibility index (Phi) is 3.37. The van der Waals surface area contributed by atoms with Crippen molar-refractivity contribution in [2.75, 3.05) is 36.0 Å². The zero-order chi connectivity index (χ0) is 17.8. The summed E-state index contributed by atoms with van der Waals surface area (Å²) in [6.45, 7) is 4.42. The van der Waals surface area contributed by atoms with Crippen molar-refractivity contribution in [3.63, 3.8) is 0 Å². The van der Waals surface area contributed by atoms with Crippen LogP contribution in [0.1, 0.15) is 32.1 Å². The molecule has 6 rings (SSSR count). The molecule has 4 aromatic rings. The molecule has 0 aliphatic carbocycles. The van der Waals surface area contributed by atoms with Gasteiger partial charge in [0.15, 0.2) is 0 Å². The second-order valence-electron chi connectivity index (χ2n) is 7.89. The van der Waals surface area contributed by atoms with Crippen molar-refractivity contribution >= 4 is 44.2 Å². The molecule has 0 spiro atoms. The molecule has 5 nitrogen and oxygen atoms in total. The van der Waals surface area contributed by atoms with E-state index in [1.807, 2.05) is 0 Å². The Morgan fingerprint density at radius 1 is 0.593 bits per heavy atom. The number of aromatic nitrogens is 3. The average Bonchev–Trinajstić information content (AvgIpc) is 3.27. The summed E-state index contributed by atoms with van der Waals surface area (Å²) in [5.41, 5.74) is 2.06. The normalized spacial score (nSPS) is 18.4. The molecular formula is C22H23N5. The van der Waals surface area contributed by atoms with E-state index in [1.165, 1.54) is 53.6 Å². The minimum atomic E-state index is 1.03. The van der Waals surface area contributed by atoms with Gasteiger partial charge in [0.1, 0.15) is 18.0 Å². The highest BCUT2D eigenvalue weighted by Crippen LogP contribution is 2.41. The van der Waals surface area contributed by atoms with E-state index in [1.54, 1.807) is 6.33 Å². The zero-order valence-corrected chi connectivity index (χ0v) is 15.5. The van der Waals surface area contributed by atoms with Gasteiger partial charge in [0, 0.05) is 47.7 Å². The minimum absolute atomic E-state index is 1.03. The predicted molar refractivity (Wildman–Crippen MR) is 111 cm³/mol. The van der Waals surface area contributed by atoms with E-state index in [0.29, 0.717) is 0 Å². The van der Waals surface area contributed by atoms with Gasteiger partial charge in [-0.2, -0.15) is 0 Å². The third-order valence-corrected chi connectivity index (χ3v) is 6.27. The molecule has 0 atom stereocenters. The quantitative estimate of drug-likeness (QED) is 0.499. The maximum absolute atomic E-state index is 5.27. The first kappa shape index (κ1) is 15.4. The number of hydrogen-bond acceptors (Lipinski definition) is 5. The van der Waals surface area contributed by atoms with Crippen molar-refractivity contribution in [3.8, 4) is 0 Å². The van der Waals surface area contributed by atoms with Gasteiger partial charge in [-0.15, -0.1) is 0 Å². The van der Waals surface area contributed by atoms with Crippen LogP contribution >= 0.6 is 0 Å². The Morgan fingerprint density at radius 3 is 1.67 bits per heavy atom. The fourth-order valence-electron chi connectivity index (χ4n) is 4.94. The maximum atomic E-state index is 5.27. The summed E-state index contributed by atoms with van der Waals surface area (Å²) in [5.74, 6) is 2.31. The monoisotopic (exact) mass is 357 g/mol. The molecule has 27 heavy (non-hydrogen) atoms. The number of rotatable bonds is 2. The predicted octanol–water partition coefficient (Wildman–Crippen LogP) is 4.36. The van der Waals surface area contributed by atoms with Gasteiger partial charge < -0.3 is 9.80 Å². The maximum Gasteiger partial charge on any atom is 0.138 e. The smallest absolute Gasteiger partial charge is 0.138 e. The van der Waals surface area contributed by atoms with E-state index < -0.39 is 0 Å². The second-order valence-corrected chi connectivity index (χ2v) is 7.89. The van der Waals surface area contributed by atoms with Crippen LogP contribution in [-0.2, 0) is 0 Å². The standard InChI is InChI=1S/C22H23N5/c1-2-10-26(11-3-1)21-15-6-8-17-20-18(24-14-23-17)9-7-16(19(15)20)22(25-21)27-12-4-5-13-27/h6-9,14H,1-5,10-13H2. The number of pyridine rings is 1. The van der Waals surface area contributed by atoms with Crippen molar-refractivity contribution < 1.29 is 0 Å². The Bertz CT molecular complexity index is 1110. The van der Waals surface area contributed by atoms with Gasteiger partial charge in [-0.1, -0.05) is 0 Å². The molecule has 2 aromatic heterocycles. The molecule has 0 saturated carbocycles. The van der Waals surface area contributed by atoms with E-state index in [0.717, 1.165) is 48.8 Å². The molecule has 0 N–H and O–H groups in total. The minimum Gasteiger partial charge on any atom is -0.356 e. The Balaban J connectivity index is 1.72.